The zero-order valence-electron chi connectivity index (χ0n) is 11.6. The first kappa shape index (κ1) is 14.5. The number of rotatable bonds is 3. The molecule has 0 bridgehead atoms. The van der Waals surface area contributed by atoms with Gasteiger partial charge in [0.15, 0.2) is 0 Å². The van der Waals surface area contributed by atoms with Gasteiger partial charge >= 0.3 is 0 Å². The summed E-state index contributed by atoms with van der Waals surface area (Å²) in [6.45, 7) is 3.73. The van der Waals surface area contributed by atoms with Crippen LogP contribution in [0.25, 0.3) is 0 Å². The van der Waals surface area contributed by atoms with Gasteiger partial charge in [-0.1, -0.05) is 0 Å². The fourth-order valence-electron chi connectivity index (χ4n) is 1.83. The normalized spacial score (nSPS) is 10.2. The van der Waals surface area contributed by atoms with Crippen molar-refractivity contribution in [2.45, 2.75) is 13.8 Å². The lowest BCUT2D eigenvalue weighted by atomic mass is 10.1. The van der Waals surface area contributed by atoms with E-state index < -0.39 is 10.8 Å². The molecule has 0 radical (unpaired) electrons. The number of nitrogens with zero attached hydrogens (tertiary/aromatic N) is 1. The summed E-state index contributed by atoms with van der Waals surface area (Å²) in [5.74, 6) is -0.461. The minimum Gasteiger partial charge on any atom is -0.506 e. The summed E-state index contributed by atoms with van der Waals surface area (Å²) in [7, 11) is 0. The van der Waals surface area contributed by atoms with Gasteiger partial charge in [0.2, 0.25) is 0 Å². The highest BCUT2D eigenvalue weighted by molar-refractivity contribution is 6.05. The third-order valence-electron chi connectivity index (χ3n) is 3.20. The SMILES string of the molecule is Cc1cc(O)c(NC(=O)c2ccc([N+](=O)[O-])cc2)cc1C. The highest BCUT2D eigenvalue weighted by Crippen LogP contribution is 2.27. The molecule has 6 nitrogen and oxygen atoms in total. The van der Waals surface area contributed by atoms with E-state index in [-0.39, 0.29) is 17.0 Å². The number of carbonyl (C=O) groups is 1. The molecule has 21 heavy (non-hydrogen) atoms. The number of hydrogen-bond acceptors (Lipinski definition) is 4. The van der Waals surface area contributed by atoms with E-state index in [0.29, 0.717) is 5.69 Å². The highest BCUT2D eigenvalue weighted by atomic mass is 16.6. The standard InChI is InChI=1S/C15H14N2O4/c1-9-7-13(14(18)8-10(9)2)16-15(19)11-3-5-12(6-4-11)17(20)21/h3-8,18H,1-2H3,(H,16,19). The number of carbonyl (C=O) groups excluding carboxylic acids is 1. The Morgan fingerprint density at radius 2 is 1.71 bits per heavy atom. The lowest BCUT2D eigenvalue weighted by Crippen LogP contribution is -2.12. The molecule has 0 saturated heterocycles. The molecule has 0 saturated carbocycles. The van der Waals surface area contributed by atoms with Crippen molar-refractivity contribution < 1.29 is 14.8 Å². The fourth-order valence-corrected chi connectivity index (χ4v) is 1.83. The second-order valence-electron chi connectivity index (χ2n) is 4.71. The maximum Gasteiger partial charge on any atom is 0.269 e. The van der Waals surface area contributed by atoms with Gasteiger partial charge in [-0.15, -0.1) is 0 Å². The summed E-state index contributed by atoms with van der Waals surface area (Å²) in [4.78, 5) is 22.1. The van der Waals surface area contributed by atoms with E-state index in [1.165, 1.54) is 24.3 Å². The Morgan fingerprint density at radius 3 is 2.29 bits per heavy atom. The third kappa shape index (κ3) is 3.17. The number of nitro benzene ring substituents is 1. The van der Waals surface area contributed by atoms with Gasteiger partial charge in [0.25, 0.3) is 11.6 Å². The lowest BCUT2D eigenvalue weighted by molar-refractivity contribution is -0.384. The smallest absolute Gasteiger partial charge is 0.269 e. The molecule has 2 aromatic carbocycles. The predicted octanol–water partition coefficient (Wildman–Crippen LogP) is 3.17. The number of aromatic hydroxyl groups is 1. The number of anilines is 1. The first-order valence-corrected chi connectivity index (χ1v) is 6.24. The van der Waals surface area contributed by atoms with Gasteiger partial charge in [-0.3, -0.25) is 14.9 Å². The minimum absolute atomic E-state index is 0.0200. The third-order valence-corrected chi connectivity index (χ3v) is 3.20. The number of hydrogen-bond donors (Lipinski definition) is 2. The molecule has 0 aliphatic carbocycles. The Hall–Kier alpha value is -2.89. The molecule has 0 unspecified atom stereocenters. The van der Waals surface area contributed by atoms with Crippen LogP contribution in [-0.4, -0.2) is 15.9 Å². The second-order valence-corrected chi connectivity index (χ2v) is 4.71. The number of phenolic OH excluding ortho intramolecular Hbond substituents is 1. The van der Waals surface area contributed by atoms with Crippen molar-refractivity contribution in [1.29, 1.82) is 0 Å². The number of non-ortho nitro benzene ring substituents is 1. The summed E-state index contributed by atoms with van der Waals surface area (Å²) in [5.41, 5.74) is 2.35. The quantitative estimate of drug-likeness (QED) is 0.515. The molecule has 0 fully saturated rings. The number of nitro groups is 1. The Kier molecular flexibility index (Phi) is 3.89. The van der Waals surface area contributed by atoms with E-state index in [1.807, 2.05) is 13.8 Å². The number of benzene rings is 2. The van der Waals surface area contributed by atoms with Crippen molar-refractivity contribution >= 4 is 17.3 Å². The van der Waals surface area contributed by atoms with Crippen LogP contribution in [0.1, 0.15) is 21.5 Å². The van der Waals surface area contributed by atoms with E-state index in [1.54, 1.807) is 12.1 Å². The fraction of sp³-hybridized carbons (Fsp3) is 0.133. The molecule has 0 atom stereocenters. The Labute approximate surface area is 121 Å². The molecule has 0 heterocycles. The molecule has 1 amide bonds. The average Bonchev–Trinajstić information content (AvgIpc) is 2.44. The summed E-state index contributed by atoms with van der Waals surface area (Å²) >= 11 is 0. The largest absolute Gasteiger partial charge is 0.506 e. The van der Waals surface area contributed by atoms with E-state index in [0.717, 1.165) is 11.1 Å². The first-order valence-electron chi connectivity index (χ1n) is 6.24. The molecule has 6 heteroatoms. The van der Waals surface area contributed by atoms with Crippen LogP contribution < -0.4 is 5.32 Å². The summed E-state index contributed by atoms with van der Waals surface area (Å²) < 4.78 is 0. The van der Waals surface area contributed by atoms with Crippen molar-refractivity contribution in [3.8, 4) is 5.75 Å². The first-order chi connectivity index (χ1) is 9.88. The molecule has 2 rings (SSSR count). The molecule has 108 valence electrons. The van der Waals surface area contributed by atoms with Crippen molar-refractivity contribution in [3.63, 3.8) is 0 Å². The molecule has 2 N–H and O–H groups in total. The minimum atomic E-state index is -0.531. The predicted molar refractivity (Wildman–Crippen MR) is 78.6 cm³/mol. The van der Waals surface area contributed by atoms with Crippen LogP contribution in [0.5, 0.6) is 5.75 Å². The lowest BCUT2D eigenvalue weighted by Gasteiger charge is -2.10. The Balaban J connectivity index is 2.22. The number of phenols is 1. The van der Waals surface area contributed by atoms with Crippen LogP contribution in [0.4, 0.5) is 11.4 Å². The molecular formula is C15H14N2O4. The van der Waals surface area contributed by atoms with Crippen LogP contribution in [0.3, 0.4) is 0 Å². The maximum atomic E-state index is 12.1. The van der Waals surface area contributed by atoms with Crippen molar-refractivity contribution in [3.05, 3.63) is 63.2 Å². The van der Waals surface area contributed by atoms with Crippen LogP contribution in [0.15, 0.2) is 36.4 Å². The topological polar surface area (TPSA) is 92.5 Å². The van der Waals surface area contributed by atoms with Gasteiger partial charge in [-0.25, -0.2) is 0 Å². The Morgan fingerprint density at radius 1 is 1.14 bits per heavy atom. The van der Waals surface area contributed by atoms with Crippen LogP contribution in [0, 0.1) is 24.0 Å². The number of nitrogens with one attached hydrogen (secondary N) is 1. The monoisotopic (exact) mass is 286 g/mol. The van der Waals surface area contributed by atoms with E-state index in [4.69, 9.17) is 0 Å². The van der Waals surface area contributed by atoms with E-state index in [2.05, 4.69) is 5.32 Å². The summed E-state index contributed by atoms with van der Waals surface area (Å²) in [6.07, 6.45) is 0. The van der Waals surface area contributed by atoms with Gasteiger partial charge < -0.3 is 10.4 Å². The van der Waals surface area contributed by atoms with Gasteiger partial charge in [0.05, 0.1) is 10.6 Å². The van der Waals surface area contributed by atoms with Gasteiger partial charge in [0, 0.05) is 17.7 Å². The molecule has 0 aliphatic heterocycles. The zero-order chi connectivity index (χ0) is 15.6. The van der Waals surface area contributed by atoms with Crippen molar-refractivity contribution in [1.82, 2.24) is 0 Å². The molecule has 0 aromatic heterocycles. The average molecular weight is 286 g/mol. The van der Waals surface area contributed by atoms with Crippen LogP contribution in [-0.2, 0) is 0 Å². The van der Waals surface area contributed by atoms with E-state index >= 15 is 0 Å². The van der Waals surface area contributed by atoms with Gasteiger partial charge in [0.1, 0.15) is 5.75 Å². The molecular weight excluding hydrogens is 272 g/mol. The highest BCUT2D eigenvalue weighted by Gasteiger charge is 2.12. The molecule has 0 spiro atoms. The zero-order valence-corrected chi connectivity index (χ0v) is 11.6. The van der Waals surface area contributed by atoms with Gasteiger partial charge in [-0.05, 0) is 49.2 Å². The summed E-state index contributed by atoms with van der Waals surface area (Å²) in [6, 6.07) is 8.50. The molecule has 0 aliphatic rings. The van der Waals surface area contributed by atoms with Gasteiger partial charge in [-0.2, -0.15) is 0 Å². The van der Waals surface area contributed by atoms with E-state index in [9.17, 15) is 20.0 Å². The number of amides is 1. The van der Waals surface area contributed by atoms with Crippen LogP contribution >= 0.6 is 0 Å². The van der Waals surface area contributed by atoms with Crippen molar-refractivity contribution in [2.75, 3.05) is 5.32 Å². The Bertz CT molecular complexity index is 708. The second kappa shape index (κ2) is 5.62. The summed E-state index contributed by atoms with van der Waals surface area (Å²) in [5, 5.41) is 23.0. The van der Waals surface area contributed by atoms with Crippen molar-refractivity contribution in [2.24, 2.45) is 0 Å². The maximum absolute atomic E-state index is 12.1. The number of aryl methyl sites for hydroxylation is 2. The van der Waals surface area contributed by atoms with Crippen LogP contribution in [0.2, 0.25) is 0 Å². The molecule has 2 aromatic rings.